The molecule has 34 heteroatoms. The smallest absolute Gasteiger partial charge is 0.407 e. The van der Waals surface area contributed by atoms with Crippen LogP contribution in [0.15, 0.2) is 0 Å². The Kier molecular flexibility index (Phi) is 130. The van der Waals surface area contributed by atoms with E-state index in [9.17, 15) is 38.4 Å². The Bertz CT molecular complexity index is 1760. The summed E-state index contributed by atoms with van der Waals surface area (Å²) in [4.78, 5) is 83.8. The molecule has 0 radical (unpaired) electrons. The van der Waals surface area contributed by atoms with Gasteiger partial charge in [-0.3, -0.25) is 19.2 Å². The maximum absolute atomic E-state index is 10.7. The van der Waals surface area contributed by atoms with Crippen LogP contribution in [0.2, 0.25) is 0 Å². The summed E-state index contributed by atoms with van der Waals surface area (Å²) in [6.07, 6.45) is 3.67. The second-order valence-electron chi connectivity index (χ2n) is 23.5. The number of carbonyl (C=O) groups excluding carboxylic acids is 8. The highest BCUT2D eigenvalue weighted by Crippen LogP contribution is 2.04. The predicted molar refractivity (Wildman–Crippen MR) is 427 cm³/mol. The molecule has 0 spiro atoms. The number of ether oxygens (including phenoxy) is 22. The molecule has 0 aliphatic rings. The fourth-order valence-electron chi connectivity index (χ4n) is 6.70. The number of nitrogens with one attached hydrogen (secondary N) is 4. The SMILES string of the molecule is CC.CCC(COC)OC.CCC(COC)OC.CCC(COC)OC(=O)NC.CCC(COC)OC(=O)NC.CCC(COC)OC(C)=O.CCC(COC)OC(C)=O.CNC(=O)OCC(C)COC.CNC(=O)OCC(C)COC.COCC(C)COC.COCC(C)COC(C)=O.COCC(C)COC(C)=O. The van der Waals surface area contributed by atoms with Gasteiger partial charge < -0.3 is 125 Å². The molecule has 10 atom stereocenters. The van der Waals surface area contributed by atoms with E-state index >= 15 is 0 Å². The van der Waals surface area contributed by atoms with Gasteiger partial charge in [0, 0.05) is 185 Å². The summed E-state index contributed by atoms with van der Waals surface area (Å²) in [5.74, 6) is 0.626. The zero-order valence-corrected chi connectivity index (χ0v) is 75.2. The fraction of sp³-hybridized carbons (Fsp3) is 0.895. The predicted octanol–water partition coefficient (Wildman–Crippen LogP) is 10.5. The van der Waals surface area contributed by atoms with Gasteiger partial charge in [-0.05, 0) is 38.5 Å². The third-order valence-corrected chi connectivity index (χ3v) is 12.4. The first-order chi connectivity index (χ1) is 52.1. The highest BCUT2D eigenvalue weighted by Gasteiger charge is 2.13. The first-order valence-corrected chi connectivity index (χ1v) is 37.1. The normalized spacial score (nSPS) is 12.4. The van der Waals surface area contributed by atoms with Crippen LogP contribution in [0.3, 0.4) is 0 Å². The van der Waals surface area contributed by atoms with E-state index in [1.165, 1.54) is 55.9 Å². The minimum atomic E-state index is -0.408. The lowest BCUT2D eigenvalue weighted by Gasteiger charge is -2.13. The number of alkyl carbamates (subject to hydrolysis) is 4. The Morgan fingerprint density at radius 1 is 0.227 bits per heavy atom. The third-order valence-electron chi connectivity index (χ3n) is 12.4. The zero-order chi connectivity index (χ0) is 87.9. The molecule has 0 aromatic rings. The molecule has 0 heterocycles. The van der Waals surface area contributed by atoms with E-state index in [0.717, 1.165) is 51.7 Å². The van der Waals surface area contributed by atoms with Crippen LogP contribution in [0.25, 0.3) is 0 Å². The van der Waals surface area contributed by atoms with E-state index in [-0.39, 0.29) is 84.2 Å². The van der Waals surface area contributed by atoms with Crippen molar-refractivity contribution in [2.45, 2.75) is 193 Å². The monoisotopic (exact) mass is 1610 g/mol. The molecule has 0 saturated heterocycles. The van der Waals surface area contributed by atoms with Gasteiger partial charge in [-0.15, -0.1) is 0 Å². The number of hydrogen-bond donors (Lipinski definition) is 4. The first-order valence-electron chi connectivity index (χ1n) is 37.1. The number of hydrogen-bond acceptors (Lipinski definition) is 30. The lowest BCUT2D eigenvalue weighted by Crippen LogP contribution is -2.28. The van der Waals surface area contributed by atoms with E-state index in [2.05, 4.69) is 42.0 Å². The third kappa shape index (κ3) is 129. The fourth-order valence-corrected chi connectivity index (χ4v) is 6.70. The number of methoxy groups -OCH3 is 14. The number of rotatable bonds is 44. The van der Waals surface area contributed by atoms with E-state index < -0.39 is 24.4 Å². The van der Waals surface area contributed by atoms with Crippen LogP contribution in [0.5, 0.6) is 0 Å². The van der Waals surface area contributed by atoms with Crippen molar-refractivity contribution in [1.82, 2.24) is 21.3 Å². The van der Waals surface area contributed by atoms with Crippen LogP contribution in [-0.4, -0.2) is 318 Å². The Hall–Kier alpha value is -5.60. The van der Waals surface area contributed by atoms with E-state index in [0.29, 0.717) is 98.4 Å². The zero-order valence-electron chi connectivity index (χ0n) is 75.2. The van der Waals surface area contributed by atoms with Gasteiger partial charge >= 0.3 is 48.3 Å². The molecule has 668 valence electrons. The van der Waals surface area contributed by atoms with E-state index in [1.54, 1.807) is 99.5 Å². The van der Waals surface area contributed by atoms with Crippen LogP contribution in [0.4, 0.5) is 19.2 Å². The van der Waals surface area contributed by atoms with Gasteiger partial charge in [0.2, 0.25) is 0 Å². The van der Waals surface area contributed by atoms with Gasteiger partial charge in [-0.25, -0.2) is 19.2 Å². The molecule has 4 amide bonds. The van der Waals surface area contributed by atoms with Crippen molar-refractivity contribution in [3.05, 3.63) is 0 Å². The van der Waals surface area contributed by atoms with Gasteiger partial charge in [0.15, 0.2) is 0 Å². The number of amides is 4. The molecule has 0 aliphatic heterocycles. The summed E-state index contributed by atoms with van der Waals surface area (Å²) in [6.45, 7) is 40.5. The van der Waals surface area contributed by atoms with Crippen molar-refractivity contribution in [1.29, 1.82) is 0 Å². The van der Waals surface area contributed by atoms with Crippen LogP contribution in [0, 0.1) is 29.6 Å². The van der Waals surface area contributed by atoms with Crippen LogP contribution in [-0.2, 0) is 123 Å². The average molecular weight is 1610 g/mol. The molecule has 0 saturated carbocycles. The van der Waals surface area contributed by atoms with Gasteiger partial charge in [0.1, 0.15) is 24.4 Å². The molecule has 0 fully saturated rings. The summed E-state index contributed by atoms with van der Waals surface area (Å²) in [6, 6.07) is 0. The van der Waals surface area contributed by atoms with Crippen molar-refractivity contribution in [2.24, 2.45) is 29.6 Å². The van der Waals surface area contributed by atoms with Crippen molar-refractivity contribution in [3.8, 4) is 0 Å². The standard InChI is InChI=1S/4C7H15NO3.4C7H14O3.3C6H14O2.C2H6/c2*1-6(4-10-3)5-11-7(9)8-2;2*1-4-6(5-10-3)11-7(9)8-2;2*1-6(4-9-3)5-10-7(2)8;2*1-4-7(5-9-3)10-6(2)8;1-6(4-7-2)5-8-3;2*1-4-6(8-3)5-7-2;1-2/h4*6H,4-5H2,1-3H3,(H,8,9);2*6H,4-5H2,1-3H3;2*7H,4-5H2,1-3H3;3*6H,4-5H2,1-3H3;1-2H3. The second kappa shape index (κ2) is 110. The second-order valence-corrected chi connectivity index (χ2v) is 23.5. The summed E-state index contributed by atoms with van der Waals surface area (Å²) in [7, 11) is 29.1. The molecule has 34 nitrogen and oxygen atoms in total. The van der Waals surface area contributed by atoms with E-state index in [1.807, 2.05) is 69.2 Å². The topological polar surface area (TPSA) is 388 Å². The average Bonchev–Trinajstić information content (AvgIpc) is 1.01. The molecule has 110 heavy (non-hydrogen) atoms. The molecule has 4 N–H and O–H groups in total. The Labute approximate surface area is 665 Å². The van der Waals surface area contributed by atoms with Gasteiger partial charge in [0.25, 0.3) is 0 Å². The maximum atomic E-state index is 10.7. The Balaban J connectivity index is -0.0000000960. The Morgan fingerprint density at radius 2 is 0.391 bits per heavy atom. The summed E-state index contributed by atoms with van der Waals surface area (Å²) in [5.41, 5.74) is 0. The minimum absolute atomic E-state index is 0.0810. The van der Waals surface area contributed by atoms with E-state index in [4.69, 9.17) is 104 Å². The lowest BCUT2D eigenvalue weighted by atomic mass is 10.2. The van der Waals surface area contributed by atoms with Crippen molar-refractivity contribution in [2.75, 3.05) is 233 Å². The van der Waals surface area contributed by atoms with Crippen molar-refractivity contribution in [3.63, 3.8) is 0 Å². The van der Waals surface area contributed by atoms with Crippen molar-refractivity contribution >= 4 is 48.3 Å². The molecule has 0 aromatic heterocycles. The molecule has 0 aromatic carbocycles. The summed E-state index contributed by atoms with van der Waals surface area (Å²) >= 11 is 0. The van der Waals surface area contributed by atoms with Gasteiger partial charge in [0.05, 0.1) is 118 Å². The largest absolute Gasteiger partial charge is 0.466 e. The van der Waals surface area contributed by atoms with Gasteiger partial charge in [-0.1, -0.05) is 90.0 Å². The van der Waals surface area contributed by atoms with Crippen LogP contribution < -0.4 is 21.3 Å². The van der Waals surface area contributed by atoms with Crippen LogP contribution >= 0.6 is 0 Å². The lowest BCUT2D eigenvalue weighted by molar-refractivity contribution is -0.149. The summed E-state index contributed by atoms with van der Waals surface area (Å²) < 4.78 is 107. The number of carbonyl (C=O) groups is 8. The van der Waals surface area contributed by atoms with Gasteiger partial charge in [-0.2, -0.15) is 0 Å². The minimum Gasteiger partial charge on any atom is -0.466 e. The van der Waals surface area contributed by atoms with Crippen LogP contribution in [0.1, 0.15) is 156 Å². The highest BCUT2D eigenvalue weighted by molar-refractivity contribution is 5.68. The molecule has 0 bridgehead atoms. The van der Waals surface area contributed by atoms with Crippen molar-refractivity contribution < 1.29 is 143 Å². The molecular formula is C76H164N4O30. The molecule has 0 rings (SSSR count). The molecule has 10 unspecified atom stereocenters. The summed E-state index contributed by atoms with van der Waals surface area (Å²) in [5, 5.41) is 9.46. The molecular weight excluding hydrogens is 1450 g/mol. The maximum Gasteiger partial charge on any atom is 0.407 e. The molecule has 0 aliphatic carbocycles. The first kappa shape index (κ1) is 131. The number of esters is 4. The quantitative estimate of drug-likeness (QED) is 0.0325. The Morgan fingerprint density at radius 3 is 0.527 bits per heavy atom. The highest BCUT2D eigenvalue weighted by atomic mass is 16.6.